The predicted octanol–water partition coefficient (Wildman–Crippen LogP) is 7.66. The van der Waals surface area contributed by atoms with Crippen LogP contribution in [0.3, 0.4) is 0 Å². The third-order valence-electron chi connectivity index (χ3n) is 6.05. The standard InChI is InChI=1S/C21H26N2.C7H6.2HI.Ru/c1-14-9-16(3)20(17(4)10-14)22-7-8-23(13-22)21-18(5)11-15(2)12-19(21)6;1-7-5-3-2-4-6-7;;;/h9-12H,7-8H2,1-6H3;1-6H;2*1H;/q;;;;+2/p-2. The fraction of sp³-hybridized carbons (Fsp3) is 0.286. The van der Waals surface area contributed by atoms with Gasteiger partial charge >= 0.3 is 225 Å². The minimum absolute atomic E-state index is 1.02. The molecule has 1 aliphatic heterocycles. The van der Waals surface area contributed by atoms with E-state index in [1.54, 1.807) is 0 Å². The van der Waals surface area contributed by atoms with Crippen LogP contribution >= 0.6 is 39.5 Å². The summed E-state index contributed by atoms with van der Waals surface area (Å²) in [6.07, 6.45) is 0. The van der Waals surface area contributed by atoms with Crippen LogP contribution in [0.15, 0.2) is 54.6 Å². The average Bonchev–Trinajstić information content (AvgIpc) is 3.12. The van der Waals surface area contributed by atoms with Crippen molar-refractivity contribution >= 4 is 59.8 Å². The van der Waals surface area contributed by atoms with Crippen LogP contribution in [-0.2, 0) is 6.84 Å². The molecule has 4 rings (SSSR count). The second kappa shape index (κ2) is 9.98. The van der Waals surface area contributed by atoms with Crippen LogP contribution in [0, 0.1) is 41.5 Å². The van der Waals surface area contributed by atoms with Crippen molar-refractivity contribution in [3.63, 3.8) is 0 Å². The molecule has 1 fully saturated rings. The average molecular weight is 751 g/mol. The van der Waals surface area contributed by atoms with Gasteiger partial charge < -0.3 is 0 Å². The Kier molecular flexibility index (Phi) is 7.62. The van der Waals surface area contributed by atoms with Crippen LogP contribution in [0.4, 0.5) is 11.4 Å². The molecule has 33 heavy (non-hydrogen) atoms. The van der Waals surface area contributed by atoms with Crippen LogP contribution in [-0.4, -0.2) is 22.1 Å². The number of aryl methyl sites for hydroxylation is 6. The summed E-state index contributed by atoms with van der Waals surface area (Å²) in [5, 5.41) is 0. The first kappa shape index (κ1) is 25.2. The molecular formula is C28H32I2N2Ru. The zero-order valence-electron chi connectivity index (χ0n) is 20.2. The zero-order chi connectivity index (χ0) is 23.9. The zero-order valence-corrected chi connectivity index (χ0v) is 26.2. The van der Waals surface area contributed by atoms with Crippen molar-refractivity contribution in [3.05, 3.63) is 93.5 Å². The molecule has 176 valence electrons. The summed E-state index contributed by atoms with van der Waals surface area (Å²) in [5.74, 6) is 0. The van der Waals surface area contributed by atoms with Gasteiger partial charge in [-0.25, -0.2) is 0 Å². The van der Waals surface area contributed by atoms with E-state index in [0.29, 0.717) is 0 Å². The maximum absolute atomic E-state index is 2.81. The summed E-state index contributed by atoms with van der Waals surface area (Å²) in [6.45, 7) is 13.1. The van der Waals surface area contributed by atoms with Crippen molar-refractivity contribution < 1.29 is 6.84 Å². The number of nitrogens with zero attached hydrogens (tertiary/aromatic N) is 2. The van der Waals surface area contributed by atoms with Gasteiger partial charge in [-0.3, -0.25) is 0 Å². The Morgan fingerprint density at radius 2 is 1.06 bits per heavy atom. The van der Waals surface area contributed by atoms with E-state index in [9.17, 15) is 0 Å². The third kappa shape index (κ3) is 5.20. The number of rotatable bonds is 3. The van der Waals surface area contributed by atoms with E-state index in [2.05, 4.69) is 150 Å². The first-order chi connectivity index (χ1) is 15.6. The van der Waals surface area contributed by atoms with Crippen LogP contribution in [0.1, 0.15) is 38.9 Å². The molecule has 0 bridgehead atoms. The molecule has 1 saturated heterocycles. The molecule has 1 aliphatic rings. The predicted molar refractivity (Wildman–Crippen MR) is 161 cm³/mol. The molecule has 0 unspecified atom stereocenters. The number of anilines is 2. The second-order valence-electron chi connectivity index (χ2n) is 9.01. The van der Waals surface area contributed by atoms with E-state index in [-0.39, 0.29) is 0 Å². The van der Waals surface area contributed by atoms with Crippen LogP contribution < -0.4 is 9.80 Å². The quantitative estimate of drug-likeness (QED) is 0.201. The van der Waals surface area contributed by atoms with Crippen LogP contribution in [0.25, 0.3) is 0 Å². The summed E-state index contributed by atoms with van der Waals surface area (Å²) in [6, 6.07) is 20.2. The molecule has 0 spiro atoms. The third-order valence-corrected chi connectivity index (χ3v) is 15.9. The first-order valence-electron chi connectivity index (χ1n) is 11.2. The second-order valence-corrected chi connectivity index (χ2v) is 35.3. The van der Waals surface area contributed by atoms with Gasteiger partial charge in [-0.05, 0) is 0 Å². The summed E-state index contributed by atoms with van der Waals surface area (Å²) in [5.41, 5.74) is 12.2. The van der Waals surface area contributed by atoms with Crippen molar-refractivity contribution in [3.8, 4) is 0 Å². The topological polar surface area (TPSA) is 6.48 Å². The fourth-order valence-electron chi connectivity index (χ4n) is 5.09. The number of benzene rings is 3. The molecule has 0 saturated carbocycles. The molecule has 0 aromatic heterocycles. The summed E-state index contributed by atoms with van der Waals surface area (Å²) < 4.78 is 4.07. The Bertz CT molecular complexity index is 1210. The van der Waals surface area contributed by atoms with Crippen molar-refractivity contribution in [2.45, 2.75) is 41.5 Å². The van der Waals surface area contributed by atoms with Crippen molar-refractivity contribution in [2.24, 2.45) is 0 Å². The minimum atomic E-state index is -2.45. The Hall–Kier alpha value is -0.917. The van der Waals surface area contributed by atoms with Crippen molar-refractivity contribution in [2.75, 3.05) is 22.9 Å². The first-order valence-corrected chi connectivity index (χ1v) is 23.4. The monoisotopic (exact) mass is 752 g/mol. The molecule has 0 atom stereocenters. The van der Waals surface area contributed by atoms with Gasteiger partial charge in [-0.2, -0.15) is 0 Å². The van der Waals surface area contributed by atoms with Gasteiger partial charge in [0, 0.05) is 0 Å². The number of halogens is 2. The van der Waals surface area contributed by atoms with Gasteiger partial charge in [-0.1, -0.05) is 0 Å². The van der Waals surface area contributed by atoms with Gasteiger partial charge in [0.2, 0.25) is 0 Å². The summed E-state index contributed by atoms with van der Waals surface area (Å²) in [7, 11) is 0. The van der Waals surface area contributed by atoms with E-state index < -0.39 is 6.84 Å². The molecule has 1 heterocycles. The van der Waals surface area contributed by atoms with E-state index in [1.165, 1.54) is 54.7 Å². The van der Waals surface area contributed by atoms with Gasteiger partial charge in [-0.15, -0.1) is 0 Å². The molecule has 3 aromatic carbocycles. The molecule has 0 radical (unpaired) electrons. The summed E-state index contributed by atoms with van der Waals surface area (Å²) >= 11 is 5.61. The van der Waals surface area contributed by atoms with E-state index in [1.807, 2.05) is 0 Å². The Morgan fingerprint density at radius 3 is 1.45 bits per heavy atom. The number of hydrogen-bond donors (Lipinski definition) is 0. The Labute approximate surface area is 222 Å². The normalized spacial score (nSPS) is 14.7. The molecule has 0 aliphatic carbocycles. The van der Waals surface area contributed by atoms with E-state index in [0.717, 1.165) is 13.1 Å². The molecule has 0 N–H and O–H groups in total. The van der Waals surface area contributed by atoms with Crippen LogP contribution in [0.2, 0.25) is 0 Å². The fourth-order valence-corrected chi connectivity index (χ4v) is 16.3. The molecule has 3 aromatic rings. The number of hydrogen-bond acceptors (Lipinski definition) is 2. The van der Waals surface area contributed by atoms with E-state index in [4.69, 9.17) is 0 Å². The van der Waals surface area contributed by atoms with Gasteiger partial charge in [0.1, 0.15) is 0 Å². The summed E-state index contributed by atoms with van der Waals surface area (Å²) in [4.78, 5) is 5.29. The van der Waals surface area contributed by atoms with E-state index >= 15 is 0 Å². The Balaban J connectivity index is 2.03. The molecule has 5 heteroatoms. The van der Waals surface area contributed by atoms with Crippen molar-refractivity contribution in [1.29, 1.82) is 0 Å². The Morgan fingerprint density at radius 1 is 0.667 bits per heavy atom. The molecule has 0 amide bonds. The van der Waals surface area contributed by atoms with Crippen LogP contribution in [0.5, 0.6) is 0 Å². The molecular weight excluding hydrogens is 719 g/mol. The van der Waals surface area contributed by atoms with Crippen molar-refractivity contribution in [1.82, 2.24) is 0 Å². The maximum atomic E-state index is 2.81. The van der Waals surface area contributed by atoms with Gasteiger partial charge in [0.15, 0.2) is 0 Å². The van der Waals surface area contributed by atoms with Gasteiger partial charge in [0.25, 0.3) is 0 Å². The van der Waals surface area contributed by atoms with Gasteiger partial charge in [0.05, 0.1) is 0 Å². The molecule has 2 nitrogen and oxygen atoms in total. The SMILES string of the molecule is Cc1cc(C)c(N2CCN(c3c(C)cc(C)cc3C)[C]2=[Ru]([I])([I])=[CH]c2ccccc2)c(C)c1.